The summed E-state index contributed by atoms with van der Waals surface area (Å²) in [5, 5.41) is 10.0. The summed E-state index contributed by atoms with van der Waals surface area (Å²) >= 11 is 1.85. The number of benzene rings is 1. The van der Waals surface area contributed by atoms with Crippen molar-refractivity contribution < 1.29 is 0 Å². The third-order valence-corrected chi connectivity index (χ3v) is 5.09. The molecule has 2 aromatic rings. The Hall–Kier alpha value is -1.81. The van der Waals surface area contributed by atoms with Crippen LogP contribution >= 0.6 is 11.3 Å². The van der Waals surface area contributed by atoms with Gasteiger partial charge in [0.15, 0.2) is 0 Å². The summed E-state index contributed by atoms with van der Waals surface area (Å²) in [5.74, 6) is 0.145. The van der Waals surface area contributed by atoms with Gasteiger partial charge in [-0.1, -0.05) is 12.1 Å². The maximum Gasteiger partial charge on any atom is 0.124 e. The van der Waals surface area contributed by atoms with E-state index in [0.29, 0.717) is 6.04 Å². The maximum atomic E-state index is 7.83. The zero-order valence-electron chi connectivity index (χ0n) is 11.8. The number of fused-ring (bicyclic) bond motifs is 1. The molecule has 3 N–H and O–H groups in total. The first-order valence-corrected chi connectivity index (χ1v) is 7.74. The molecule has 0 amide bonds. The molecule has 20 heavy (non-hydrogen) atoms. The van der Waals surface area contributed by atoms with E-state index in [4.69, 9.17) is 11.1 Å². The van der Waals surface area contributed by atoms with Crippen LogP contribution in [0.25, 0.3) is 0 Å². The molecule has 0 aliphatic carbocycles. The van der Waals surface area contributed by atoms with Crippen molar-refractivity contribution in [3.05, 3.63) is 51.2 Å². The SMILES string of the molecule is Cc1cccc(C(=N)N)c1N1CCc2sccc2C1C. The molecule has 4 heteroatoms. The predicted molar refractivity (Wildman–Crippen MR) is 86.0 cm³/mol. The fourth-order valence-corrected chi connectivity index (χ4v) is 4.04. The zero-order chi connectivity index (χ0) is 14.3. The highest BCUT2D eigenvalue weighted by molar-refractivity contribution is 7.10. The summed E-state index contributed by atoms with van der Waals surface area (Å²) in [6, 6.07) is 8.57. The molecular formula is C16H19N3S. The number of thiophene rings is 1. The van der Waals surface area contributed by atoms with Crippen LogP contribution in [0.1, 0.15) is 34.5 Å². The van der Waals surface area contributed by atoms with E-state index in [2.05, 4.69) is 36.3 Å². The molecule has 0 bridgehead atoms. The number of hydrogen-bond donors (Lipinski definition) is 2. The molecule has 0 radical (unpaired) electrons. The fourth-order valence-electron chi connectivity index (χ4n) is 3.07. The smallest absolute Gasteiger partial charge is 0.124 e. The summed E-state index contributed by atoms with van der Waals surface area (Å²) in [4.78, 5) is 3.88. The molecule has 104 valence electrons. The van der Waals surface area contributed by atoms with Crippen LogP contribution in [0, 0.1) is 12.3 Å². The number of para-hydroxylation sites is 1. The van der Waals surface area contributed by atoms with Gasteiger partial charge in [-0.3, -0.25) is 5.41 Å². The lowest BCUT2D eigenvalue weighted by Crippen LogP contribution is -2.35. The monoisotopic (exact) mass is 285 g/mol. The molecule has 3 nitrogen and oxygen atoms in total. The Morgan fingerprint density at radius 2 is 2.20 bits per heavy atom. The Balaban J connectivity index is 2.09. The van der Waals surface area contributed by atoms with E-state index in [1.54, 1.807) is 0 Å². The van der Waals surface area contributed by atoms with E-state index in [1.165, 1.54) is 16.0 Å². The van der Waals surface area contributed by atoms with Crippen molar-refractivity contribution >= 4 is 22.9 Å². The highest BCUT2D eigenvalue weighted by Crippen LogP contribution is 2.38. The Morgan fingerprint density at radius 3 is 2.95 bits per heavy atom. The lowest BCUT2D eigenvalue weighted by atomic mass is 9.97. The van der Waals surface area contributed by atoms with E-state index in [0.717, 1.165) is 24.2 Å². The van der Waals surface area contributed by atoms with Gasteiger partial charge in [-0.25, -0.2) is 0 Å². The predicted octanol–water partition coefficient (Wildman–Crippen LogP) is 3.46. The molecule has 1 unspecified atom stereocenters. The number of nitrogens with two attached hydrogens (primary N) is 1. The number of aryl methyl sites for hydroxylation is 1. The van der Waals surface area contributed by atoms with Crippen molar-refractivity contribution in [3.63, 3.8) is 0 Å². The Labute approximate surface area is 123 Å². The summed E-state index contributed by atoms with van der Waals surface area (Å²) in [7, 11) is 0. The van der Waals surface area contributed by atoms with Gasteiger partial charge < -0.3 is 10.6 Å². The molecule has 2 heterocycles. The van der Waals surface area contributed by atoms with Gasteiger partial charge in [-0.15, -0.1) is 11.3 Å². The topological polar surface area (TPSA) is 53.1 Å². The highest BCUT2D eigenvalue weighted by Gasteiger charge is 2.27. The van der Waals surface area contributed by atoms with Gasteiger partial charge in [0.1, 0.15) is 5.84 Å². The van der Waals surface area contributed by atoms with Crippen molar-refractivity contribution in [3.8, 4) is 0 Å². The minimum absolute atomic E-state index is 0.145. The van der Waals surface area contributed by atoms with E-state index in [9.17, 15) is 0 Å². The lowest BCUT2D eigenvalue weighted by Gasteiger charge is -2.37. The van der Waals surface area contributed by atoms with Gasteiger partial charge in [0.05, 0.1) is 11.7 Å². The first kappa shape index (κ1) is 13.2. The first-order chi connectivity index (χ1) is 9.59. The Morgan fingerprint density at radius 1 is 1.40 bits per heavy atom. The van der Waals surface area contributed by atoms with Crippen LogP contribution < -0.4 is 10.6 Å². The zero-order valence-corrected chi connectivity index (χ0v) is 12.6. The minimum atomic E-state index is 0.145. The van der Waals surface area contributed by atoms with Crippen LogP contribution in [0.2, 0.25) is 0 Å². The second-order valence-corrected chi connectivity index (χ2v) is 6.30. The van der Waals surface area contributed by atoms with Gasteiger partial charge >= 0.3 is 0 Å². The summed E-state index contributed by atoms with van der Waals surface area (Å²) in [5.41, 5.74) is 10.3. The molecule has 1 atom stereocenters. The summed E-state index contributed by atoms with van der Waals surface area (Å²) < 4.78 is 0. The summed E-state index contributed by atoms with van der Waals surface area (Å²) in [6.45, 7) is 5.32. The van der Waals surface area contributed by atoms with Crippen LogP contribution in [0.4, 0.5) is 5.69 Å². The first-order valence-electron chi connectivity index (χ1n) is 6.86. The van der Waals surface area contributed by atoms with Gasteiger partial charge in [-0.2, -0.15) is 0 Å². The molecule has 1 aromatic carbocycles. The van der Waals surface area contributed by atoms with Crippen LogP contribution in [0.5, 0.6) is 0 Å². The molecule has 1 aliphatic rings. The Kier molecular flexibility index (Phi) is 3.26. The molecule has 1 aromatic heterocycles. The molecule has 0 saturated heterocycles. The largest absolute Gasteiger partial charge is 0.384 e. The number of rotatable bonds is 2. The molecule has 0 fully saturated rings. The molecular weight excluding hydrogens is 266 g/mol. The van der Waals surface area contributed by atoms with Gasteiger partial charge in [0.2, 0.25) is 0 Å². The van der Waals surface area contributed by atoms with Crippen molar-refractivity contribution in [2.75, 3.05) is 11.4 Å². The number of nitrogens with zero attached hydrogens (tertiary/aromatic N) is 1. The number of anilines is 1. The number of hydrogen-bond acceptors (Lipinski definition) is 3. The normalized spacial score (nSPS) is 17.9. The number of amidine groups is 1. The van der Waals surface area contributed by atoms with E-state index in [1.807, 2.05) is 23.5 Å². The third kappa shape index (κ3) is 2.00. The highest BCUT2D eigenvalue weighted by atomic mass is 32.1. The molecule has 0 spiro atoms. The lowest BCUT2D eigenvalue weighted by molar-refractivity contribution is 0.631. The fraction of sp³-hybridized carbons (Fsp3) is 0.312. The van der Waals surface area contributed by atoms with Crippen molar-refractivity contribution in [1.29, 1.82) is 5.41 Å². The number of nitrogens with one attached hydrogen (secondary N) is 1. The summed E-state index contributed by atoms with van der Waals surface area (Å²) in [6.07, 6.45) is 1.07. The maximum absolute atomic E-state index is 7.83. The molecule has 0 saturated carbocycles. The van der Waals surface area contributed by atoms with Gasteiger partial charge in [-0.05, 0) is 48.9 Å². The van der Waals surface area contributed by atoms with Crippen molar-refractivity contribution in [1.82, 2.24) is 0 Å². The van der Waals surface area contributed by atoms with Crippen LogP contribution in [-0.2, 0) is 6.42 Å². The van der Waals surface area contributed by atoms with E-state index in [-0.39, 0.29) is 5.84 Å². The third-order valence-electron chi connectivity index (χ3n) is 4.09. The Bertz CT molecular complexity index is 659. The number of nitrogen functional groups attached to an aromatic ring is 1. The standard InChI is InChI=1S/C16H19N3S/c1-10-4-3-5-13(16(17)18)15(10)19-8-6-14-12(11(19)2)7-9-20-14/h3-5,7,9,11H,6,8H2,1-2H3,(H3,17,18). The average molecular weight is 285 g/mol. The minimum Gasteiger partial charge on any atom is -0.384 e. The van der Waals surface area contributed by atoms with Crippen LogP contribution in [-0.4, -0.2) is 12.4 Å². The van der Waals surface area contributed by atoms with Gasteiger partial charge in [0, 0.05) is 17.0 Å². The van der Waals surface area contributed by atoms with Crippen LogP contribution in [0.3, 0.4) is 0 Å². The van der Waals surface area contributed by atoms with Crippen molar-refractivity contribution in [2.24, 2.45) is 5.73 Å². The van der Waals surface area contributed by atoms with Crippen molar-refractivity contribution in [2.45, 2.75) is 26.3 Å². The van der Waals surface area contributed by atoms with Gasteiger partial charge in [0.25, 0.3) is 0 Å². The molecule has 3 rings (SSSR count). The average Bonchev–Trinajstić information content (AvgIpc) is 2.89. The van der Waals surface area contributed by atoms with Crippen LogP contribution in [0.15, 0.2) is 29.6 Å². The van der Waals surface area contributed by atoms with E-state index < -0.39 is 0 Å². The quantitative estimate of drug-likeness (QED) is 0.656. The second-order valence-electron chi connectivity index (χ2n) is 5.30. The molecule has 1 aliphatic heterocycles. The second kappa shape index (κ2) is 4.94. The van der Waals surface area contributed by atoms with E-state index >= 15 is 0 Å².